The number of rotatable bonds is 4. The van der Waals surface area contributed by atoms with Gasteiger partial charge in [-0.05, 0) is 13.8 Å². The summed E-state index contributed by atoms with van der Waals surface area (Å²) in [5.41, 5.74) is 5.19. The van der Waals surface area contributed by atoms with Gasteiger partial charge in [-0.25, -0.2) is 4.98 Å². The zero-order chi connectivity index (χ0) is 11.4. The molecule has 1 aromatic heterocycles. The molecule has 1 heterocycles. The van der Waals surface area contributed by atoms with Gasteiger partial charge >= 0.3 is 5.69 Å². The van der Waals surface area contributed by atoms with Gasteiger partial charge in [0.15, 0.2) is 0 Å². The van der Waals surface area contributed by atoms with Crippen LogP contribution >= 0.6 is 0 Å². The second-order valence-corrected chi connectivity index (χ2v) is 2.87. The van der Waals surface area contributed by atoms with Gasteiger partial charge in [0.1, 0.15) is 6.20 Å². The molecule has 7 heteroatoms. The maximum absolute atomic E-state index is 10.5. The molecule has 0 fully saturated rings. The van der Waals surface area contributed by atoms with E-state index in [2.05, 4.69) is 9.97 Å². The highest BCUT2D eigenvalue weighted by atomic mass is 16.6. The van der Waals surface area contributed by atoms with Gasteiger partial charge in [-0.3, -0.25) is 10.1 Å². The number of nitro groups is 1. The van der Waals surface area contributed by atoms with E-state index in [0.29, 0.717) is 5.95 Å². The monoisotopic (exact) mass is 211 g/mol. The molecular formula is C8H13N5O2. The van der Waals surface area contributed by atoms with Crippen LogP contribution in [0.5, 0.6) is 0 Å². The Morgan fingerprint density at radius 3 is 2.53 bits per heavy atom. The SMILES string of the molecule is CCN(CC)c1ncc([N+](=O)[O-])c(N)n1. The van der Waals surface area contributed by atoms with Crippen LogP contribution in [-0.2, 0) is 0 Å². The lowest BCUT2D eigenvalue weighted by Crippen LogP contribution is -2.24. The summed E-state index contributed by atoms with van der Waals surface area (Å²) in [5.74, 6) is 0.319. The van der Waals surface area contributed by atoms with Crippen LogP contribution in [0.3, 0.4) is 0 Å². The number of nitrogens with zero attached hydrogens (tertiary/aromatic N) is 4. The summed E-state index contributed by atoms with van der Waals surface area (Å²) in [5, 5.41) is 10.5. The summed E-state index contributed by atoms with van der Waals surface area (Å²) in [6, 6.07) is 0. The number of aromatic nitrogens is 2. The Morgan fingerprint density at radius 2 is 2.13 bits per heavy atom. The highest BCUT2D eigenvalue weighted by Gasteiger charge is 2.15. The molecule has 7 nitrogen and oxygen atoms in total. The largest absolute Gasteiger partial charge is 0.378 e. The third-order valence-electron chi connectivity index (χ3n) is 2.03. The molecule has 0 radical (unpaired) electrons. The van der Waals surface area contributed by atoms with Gasteiger partial charge in [-0.1, -0.05) is 0 Å². The van der Waals surface area contributed by atoms with Crippen LogP contribution in [0.2, 0.25) is 0 Å². The molecule has 2 N–H and O–H groups in total. The minimum Gasteiger partial charge on any atom is -0.378 e. The first kappa shape index (κ1) is 11.2. The lowest BCUT2D eigenvalue weighted by atomic mass is 10.5. The maximum Gasteiger partial charge on any atom is 0.329 e. The standard InChI is InChI=1S/C8H13N5O2/c1-3-12(4-2)8-10-5-6(13(14)15)7(9)11-8/h5H,3-4H2,1-2H3,(H2,9,10,11). The van der Waals surface area contributed by atoms with Crippen LogP contribution in [0.25, 0.3) is 0 Å². The predicted molar refractivity (Wildman–Crippen MR) is 56.7 cm³/mol. The molecule has 82 valence electrons. The molecular weight excluding hydrogens is 198 g/mol. The summed E-state index contributed by atoms with van der Waals surface area (Å²) >= 11 is 0. The number of hydrogen-bond acceptors (Lipinski definition) is 6. The first-order chi connectivity index (χ1) is 7.10. The van der Waals surface area contributed by atoms with Gasteiger partial charge in [0.05, 0.1) is 4.92 Å². The summed E-state index contributed by atoms with van der Waals surface area (Å²) < 4.78 is 0. The van der Waals surface area contributed by atoms with Crippen molar-refractivity contribution in [3.8, 4) is 0 Å². The van der Waals surface area contributed by atoms with E-state index in [0.717, 1.165) is 19.3 Å². The topological polar surface area (TPSA) is 98.2 Å². The van der Waals surface area contributed by atoms with E-state index >= 15 is 0 Å². The molecule has 0 aliphatic heterocycles. The van der Waals surface area contributed by atoms with Crippen molar-refractivity contribution in [1.29, 1.82) is 0 Å². The molecule has 0 saturated carbocycles. The molecule has 1 aromatic rings. The Bertz CT molecular complexity index is 364. The van der Waals surface area contributed by atoms with E-state index in [1.807, 2.05) is 18.7 Å². The molecule has 0 atom stereocenters. The highest BCUT2D eigenvalue weighted by Crippen LogP contribution is 2.19. The Morgan fingerprint density at radius 1 is 1.53 bits per heavy atom. The summed E-state index contributed by atoms with van der Waals surface area (Å²) in [6.45, 7) is 5.36. The van der Waals surface area contributed by atoms with Crippen molar-refractivity contribution < 1.29 is 4.92 Å². The van der Waals surface area contributed by atoms with Gasteiger partial charge < -0.3 is 10.6 Å². The normalized spacial score (nSPS) is 10.0. The summed E-state index contributed by atoms with van der Waals surface area (Å²) in [4.78, 5) is 19.5. The Balaban J connectivity index is 3.05. The molecule has 0 aliphatic carbocycles. The fourth-order valence-corrected chi connectivity index (χ4v) is 1.18. The quantitative estimate of drug-likeness (QED) is 0.584. The van der Waals surface area contributed by atoms with E-state index in [4.69, 9.17) is 5.73 Å². The van der Waals surface area contributed by atoms with Crippen molar-refractivity contribution in [2.75, 3.05) is 23.7 Å². The van der Waals surface area contributed by atoms with Crippen LogP contribution in [0.1, 0.15) is 13.8 Å². The second kappa shape index (κ2) is 4.54. The number of nitrogen functional groups attached to an aromatic ring is 1. The molecule has 0 saturated heterocycles. The van der Waals surface area contributed by atoms with Crippen molar-refractivity contribution in [3.63, 3.8) is 0 Å². The molecule has 0 bridgehead atoms. The molecule has 0 amide bonds. The average molecular weight is 211 g/mol. The molecule has 0 spiro atoms. The fourth-order valence-electron chi connectivity index (χ4n) is 1.18. The van der Waals surface area contributed by atoms with Crippen molar-refractivity contribution in [2.24, 2.45) is 0 Å². The van der Waals surface area contributed by atoms with Gasteiger partial charge in [0, 0.05) is 13.1 Å². The number of nitrogens with two attached hydrogens (primary N) is 1. The van der Waals surface area contributed by atoms with E-state index in [1.165, 1.54) is 0 Å². The zero-order valence-electron chi connectivity index (χ0n) is 8.67. The Kier molecular flexibility index (Phi) is 3.37. The molecule has 0 unspecified atom stereocenters. The lowest BCUT2D eigenvalue weighted by Gasteiger charge is -2.17. The van der Waals surface area contributed by atoms with Crippen LogP contribution in [0.4, 0.5) is 17.5 Å². The smallest absolute Gasteiger partial charge is 0.329 e. The summed E-state index contributed by atoms with van der Waals surface area (Å²) in [6.07, 6.45) is 1.13. The van der Waals surface area contributed by atoms with Gasteiger partial charge in [-0.15, -0.1) is 0 Å². The van der Waals surface area contributed by atoms with Gasteiger partial charge in [0.2, 0.25) is 11.8 Å². The number of anilines is 2. The van der Waals surface area contributed by atoms with Crippen molar-refractivity contribution >= 4 is 17.5 Å². The molecule has 0 aromatic carbocycles. The van der Waals surface area contributed by atoms with Gasteiger partial charge in [-0.2, -0.15) is 4.98 Å². The zero-order valence-corrected chi connectivity index (χ0v) is 8.67. The Hall–Kier alpha value is -1.92. The van der Waals surface area contributed by atoms with Gasteiger partial charge in [0.25, 0.3) is 0 Å². The van der Waals surface area contributed by atoms with Crippen molar-refractivity contribution in [1.82, 2.24) is 9.97 Å². The average Bonchev–Trinajstić information content (AvgIpc) is 2.19. The third-order valence-corrected chi connectivity index (χ3v) is 2.03. The first-order valence-corrected chi connectivity index (χ1v) is 4.62. The van der Waals surface area contributed by atoms with Crippen molar-refractivity contribution in [2.45, 2.75) is 13.8 Å². The highest BCUT2D eigenvalue weighted by molar-refractivity contribution is 5.53. The van der Waals surface area contributed by atoms with E-state index in [-0.39, 0.29) is 11.5 Å². The minimum atomic E-state index is -0.596. The maximum atomic E-state index is 10.5. The number of hydrogen-bond donors (Lipinski definition) is 1. The minimum absolute atomic E-state index is 0.100. The lowest BCUT2D eigenvalue weighted by molar-refractivity contribution is -0.384. The summed E-state index contributed by atoms with van der Waals surface area (Å²) in [7, 11) is 0. The fraction of sp³-hybridized carbons (Fsp3) is 0.500. The molecule has 0 aliphatic rings. The first-order valence-electron chi connectivity index (χ1n) is 4.62. The van der Waals surface area contributed by atoms with Crippen LogP contribution in [0, 0.1) is 10.1 Å². The second-order valence-electron chi connectivity index (χ2n) is 2.87. The predicted octanol–water partition coefficient (Wildman–Crippen LogP) is 0.813. The van der Waals surface area contributed by atoms with E-state index < -0.39 is 4.92 Å². The molecule has 15 heavy (non-hydrogen) atoms. The van der Waals surface area contributed by atoms with E-state index in [9.17, 15) is 10.1 Å². The third kappa shape index (κ3) is 2.30. The Labute approximate surface area is 87.1 Å². The van der Waals surface area contributed by atoms with Crippen LogP contribution < -0.4 is 10.6 Å². The van der Waals surface area contributed by atoms with Crippen LogP contribution in [0.15, 0.2) is 6.20 Å². The molecule has 1 rings (SSSR count). The van der Waals surface area contributed by atoms with E-state index in [1.54, 1.807) is 0 Å². The van der Waals surface area contributed by atoms with Crippen LogP contribution in [-0.4, -0.2) is 28.0 Å². The van der Waals surface area contributed by atoms with Crippen molar-refractivity contribution in [3.05, 3.63) is 16.3 Å².